The van der Waals surface area contributed by atoms with Gasteiger partial charge in [-0.25, -0.2) is 4.79 Å². The van der Waals surface area contributed by atoms with Crippen molar-refractivity contribution in [2.45, 2.75) is 25.4 Å². The van der Waals surface area contributed by atoms with Gasteiger partial charge in [0.25, 0.3) is 0 Å². The fraction of sp³-hybridized carbons (Fsp3) is 0.500. The second kappa shape index (κ2) is 5.09. The molecule has 2 aliphatic rings. The van der Waals surface area contributed by atoms with E-state index < -0.39 is 12.1 Å². The number of hydrogen-bond acceptors (Lipinski definition) is 4. The van der Waals surface area contributed by atoms with Crippen LogP contribution < -0.4 is 9.47 Å². The minimum Gasteiger partial charge on any atom is -0.478 e. The largest absolute Gasteiger partial charge is 0.478 e. The minimum absolute atomic E-state index is 0.220. The van der Waals surface area contributed by atoms with Crippen molar-refractivity contribution in [1.29, 1.82) is 0 Å². The van der Waals surface area contributed by atoms with Gasteiger partial charge in [-0.05, 0) is 30.4 Å². The number of benzene rings is 1. The fourth-order valence-corrected chi connectivity index (χ4v) is 2.04. The highest BCUT2D eigenvalue weighted by Crippen LogP contribution is 2.32. The van der Waals surface area contributed by atoms with Crippen LogP contribution in [0.3, 0.4) is 0 Å². The monoisotopic (exact) mass is 264 g/mol. The maximum absolute atomic E-state index is 10.9. The number of carbonyl (C=O) groups is 1. The van der Waals surface area contributed by atoms with E-state index in [2.05, 4.69) is 0 Å². The van der Waals surface area contributed by atoms with Crippen LogP contribution in [-0.2, 0) is 16.0 Å². The Labute approximate surface area is 111 Å². The Morgan fingerprint density at radius 2 is 2.26 bits per heavy atom. The number of carboxylic acid groups (broad SMARTS) is 1. The molecule has 1 aliphatic carbocycles. The summed E-state index contributed by atoms with van der Waals surface area (Å²) in [5, 5.41) is 8.91. The minimum atomic E-state index is -0.938. The first-order valence-corrected chi connectivity index (χ1v) is 6.45. The highest BCUT2D eigenvalue weighted by atomic mass is 16.7. The van der Waals surface area contributed by atoms with Crippen molar-refractivity contribution in [3.05, 3.63) is 23.8 Å². The molecule has 5 heteroatoms. The number of rotatable bonds is 6. The van der Waals surface area contributed by atoms with Gasteiger partial charge in [0, 0.05) is 12.5 Å². The summed E-state index contributed by atoms with van der Waals surface area (Å²) in [4.78, 5) is 10.9. The Balaban J connectivity index is 1.53. The average Bonchev–Trinajstić information content (AvgIpc) is 3.11. The van der Waals surface area contributed by atoms with Gasteiger partial charge in [0.05, 0.1) is 6.61 Å². The molecule has 19 heavy (non-hydrogen) atoms. The van der Waals surface area contributed by atoms with E-state index in [-0.39, 0.29) is 6.79 Å². The lowest BCUT2D eigenvalue weighted by Crippen LogP contribution is -2.24. The first-order chi connectivity index (χ1) is 9.22. The molecule has 1 atom stereocenters. The van der Waals surface area contributed by atoms with E-state index in [9.17, 15) is 4.79 Å². The zero-order chi connectivity index (χ0) is 13.2. The molecule has 0 amide bonds. The van der Waals surface area contributed by atoms with Gasteiger partial charge < -0.3 is 19.3 Å². The molecule has 1 N–H and O–H groups in total. The molecule has 5 nitrogen and oxygen atoms in total. The first kappa shape index (κ1) is 12.3. The topological polar surface area (TPSA) is 65.0 Å². The maximum Gasteiger partial charge on any atom is 0.345 e. The summed E-state index contributed by atoms with van der Waals surface area (Å²) in [5.74, 6) is 1.00. The van der Waals surface area contributed by atoms with Crippen LogP contribution in [0.4, 0.5) is 0 Å². The third-order valence-electron chi connectivity index (χ3n) is 3.35. The van der Waals surface area contributed by atoms with Crippen LogP contribution in [-0.4, -0.2) is 30.6 Å². The molecule has 0 aromatic heterocycles. The van der Waals surface area contributed by atoms with Crippen molar-refractivity contribution >= 4 is 5.97 Å². The van der Waals surface area contributed by atoms with E-state index in [1.54, 1.807) is 6.07 Å². The second-order valence-corrected chi connectivity index (χ2v) is 4.99. The van der Waals surface area contributed by atoms with E-state index in [4.69, 9.17) is 19.3 Å². The summed E-state index contributed by atoms with van der Waals surface area (Å²) >= 11 is 0. The first-order valence-electron chi connectivity index (χ1n) is 6.45. The molecule has 0 radical (unpaired) electrons. The van der Waals surface area contributed by atoms with Crippen molar-refractivity contribution in [2.75, 3.05) is 13.4 Å². The van der Waals surface area contributed by atoms with Gasteiger partial charge in [0.15, 0.2) is 12.9 Å². The van der Waals surface area contributed by atoms with Crippen molar-refractivity contribution < 1.29 is 24.1 Å². The standard InChI is InChI=1S/C14H16O5/c15-14(16)13-5-10-3-4-11(6-12(10)19-13)18-8-17-7-9-1-2-9/h3-4,6,9,13H,1-2,5,7-8H2,(H,15,16). The molecular formula is C14H16O5. The van der Waals surface area contributed by atoms with E-state index >= 15 is 0 Å². The van der Waals surface area contributed by atoms with Crippen molar-refractivity contribution in [1.82, 2.24) is 0 Å². The van der Waals surface area contributed by atoms with Crippen LogP contribution in [0.25, 0.3) is 0 Å². The van der Waals surface area contributed by atoms with E-state index in [1.165, 1.54) is 12.8 Å². The van der Waals surface area contributed by atoms with E-state index in [1.807, 2.05) is 12.1 Å². The molecule has 1 aliphatic heterocycles. The maximum atomic E-state index is 10.9. The van der Waals surface area contributed by atoms with Crippen molar-refractivity contribution in [3.8, 4) is 11.5 Å². The Hall–Kier alpha value is -1.75. The summed E-state index contributed by atoms with van der Waals surface area (Å²) in [6.45, 7) is 0.972. The summed E-state index contributed by atoms with van der Waals surface area (Å²) < 4.78 is 16.2. The van der Waals surface area contributed by atoms with Crippen LogP contribution >= 0.6 is 0 Å². The summed E-state index contributed by atoms with van der Waals surface area (Å²) in [6, 6.07) is 5.38. The van der Waals surface area contributed by atoms with Crippen LogP contribution in [0.15, 0.2) is 18.2 Å². The van der Waals surface area contributed by atoms with Crippen molar-refractivity contribution in [2.24, 2.45) is 5.92 Å². The summed E-state index contributed by atoms with van der Waals surface area (Å²) in [6.07, 6.45) is 2.13. The summed E-state index contributed by atoms with van der Waals surface area (Å²) in [5.41, 5.74) is 0.902. The van der Waals surface area contributed by atoms with Gasteiger partial charge in [-0.2, -0.15) is 0 Å². The molecule has 1 aromatic rings. The van der Waals surface area contributed by atoms with Crippen LogP contribution in [0.2, 0.25) is 0 Å². The molecule has 1 fully saturated rings. The zero-order valence-corrected chi connectivity index (χ0v) is 10.5. The number of carboxylic acids is 1. The lowest BCUT2D eigenvalue weighted by molar-refractivity contribution is -0.144. The lowest BCUT2D eigenvalue weighted by Gasteiger charge is -2.08. The predicted octanol–water partition coefficient (Wildman–Crippen LogP) is 1.84. The molecule has 3 rings (SSSR count). The normalized spacial score (nSPS) is 20.7. The highest BCUT2D eigenvalue weighted by Gasteiger charge is 2.29. The molecule has 0 bridgehead atoms. The smallest absolute Gasteiger partial charge is 0.345 e. The van der Waals surface area contributed by atoms with Gasteiger partial charge >= 0.3 is 5.97 Å². The SMILES string of the molecule is O=C(O)C1Cc2ccc(OCOCC3CC3)cc2O1. The zero-order valence-electron chi connectivity index (χ0n) is 10.5. The number of hydrogen-bond donors (Lipinski definition) is 1. The Morgan fingerprint density at radius 1 is 1.42 bits per heavy atom. The molecule has 1 heterocycles. The molecule has 0 spiro atoms. The Bertz CT molecular complexity index is 481. The molecule has 0 saturated heterocycles. The molecule has 1 saturated carbocycles. The van der Waals surface area contributed by atoms with E-state index in [0.29, 0.717) is 23.8 Å². The molecule has 102 valence electrons. The van der Waals surface area contributed by atoms with Crippen molar-refractivity contribution in [3.63, 3.8) is 0 Å². The quantitative estimate of drug-likeness (QED) is 0.627. The third kappa shape index (κ3) is 2.98. The summed E-state index contributed by atoms with van der Waals surface area (Å²) in [7, 11) is 0. The number of ether oxygens (including phenoxy) is 3. The average molecular weight is 264 g/mol. The van der Waals surface area contributed by atoms with E-state index in [0.717, 1.165) is 12.2 Å². The van der Waals surface area contributed by atoms with Crippen LogP contribution in [0.5, 0.6) is 11.5 Å². The Kier molecular flexibility index (Phi) is 3.29. The molecule has 1 aromatic carbocycles. The van der Waals surface area contributed by atoms with Gasteiger partial charge in [-0.1, -0.05) is 6.07 Å². The highest BCUT2D eigenvalue weighted by molar-refractivity contribution is 5.74. The second-order valence-electron chi connectivity index (χ2n) is 4.99. The number of aliphatic carboxylic acids is 1. The fourth-order valence-electron chi connectivity index (χ4n) is 2.04. The Morgan fingerprint density at radius 3 is 3.00 bits per heavy atom. The third-order valence-corrected chi connectivity index (χ3v) is 3.35. The number of fused-ring (bicyclic) bond motifs is 1. The molecular weight excluding hydrogens is 248 g/mol. The lowest BCUT2D eigenvalue weighted by atomic mass is 10.1. The van der Waals surface area contributed by atoms with Crippen LogP contribution in [0, 0.1) is 5.92 Å². The van der Waals surface area contributed by atoms with Gasteiger partial charge in [0.1, 0.15) is 11.5 Å². The van der Waals surface area contributed by atoms with Gasteiger partial charge in [0.2, 0.25) is 0 Å². The van der Waals surface area contributed by atoms with Crippen LogP contribution in [0.1, 0.15) is 18.4 Å². The molecule has 1 unspecified atom stereocenters. The predicted molar refractivity (Wildman–Crippen MR) is 66.4 cm³/mol. The van der Waals surface area contributed by atoms with Gasteiger partial charge in [-0.15, -0.1) is 0 Å². The van der Waals surface area contributed by atoms with Gasteiger partial charge in [-0.3, -0.25) is 0 Å².